The van der Waals surface area contributed by atoms with Crippen LogP contribution in [0.2, 0.25) is 0 Å². The van der Waals surface area contributed by atoms with Gasteiger partial charge in [-0.1, -0.05) is 30.3 Å². The summed E-state index contributed by atoms with van der Waals surface area (Å²) in [5.74, 6) is -0.726. The van der Waals surface area contributed by atoms with Gasteiger partial charge in [0.15, 0.2) is 5.43 Å². The number of hydrogen-bond donors (Lipinski definition) is 0. The summed E-state index contributed by atoms with van der Waals surface area (Å²) in [6, 6.07) is 15.6. The van der Waals surface area contributed by atoms with Gasteiger partial charge < -0.3 is 4.42 Å². The van der Waals surface area contributed by atoms with Gasteiger partial charge in [0.05, 0.1) is 23.1 Å². The number of para-hydroxylation sites is 2. The molecule has 5 nitrogen and oxygen atoms in total. The maximum Gasteiger partial charge on any atom is 0.261 e. The average Bonchev–Trinajstić information content (AvgIpc) is 2.92. The topological polar surface area (TPSA) is 67.6 Å². The van der Waals surface area contributed by atoms with E-state index in [4.69, 9.17) is 4.42 Å². The monoisotopic (exact) mass is 331 g/mol. The molecule has 25 heavy (non-hydrogen) atoms. The number of imide groups is 1. The van der Waals surface area contributed by atoms with Gasteiger partial charge in [-0.15, -0.1) is 0 Å². The third-order valence-corrected chi connectivity index (χ3v) is 4.12. The van der Waals surface area contributed by atoms with Crippen molar-refractivity contribution in [1.82, 2.24) is 0 Å². The van der Waals surface area contributed by atoms with E-state index in [0.29, 0.717) is 16.7 Å². The molecule has 0 atom stereocenters. The lowest BCUT2D eigenvalue weighted by Crippen LogP contribution is -2.28. The second kappa shape index (κ2) is 5.87. The molecule has 2 aromatic carbocycles. The van der Waals surface area contributed by atoms with Crippen LogP contribution in [0.3, 0.4) is 0 Å². The van der Waals surface area contributed by atoms with E-state index < -0.39 is 5.91 Å². The van der Waals surface area contributed by atoms with Crippen molar-refractivity contribution in [3.63, 3.8) is 0 Å². The maximum absolute atomic E-state index is 12.6. The van der Waals surface area contributed by atoms with Gasteiger partial charge in [-0.3, -0.25) is 14.4 Å². The number of hydrogen-bond acceptors (Lipinski definition) is 4. The zero-order valence-corrected chi connectivity index (χ0v) is 13.1. The molecule has 0 spiro atoms. The lowest BCUT2D eigenvalue weighted by molar-refractivity contribution is -0.120. The fourth-order valence-electron chi connectivity index (χ4n) is 2.91. The number of carbonyl (C=O) groups is 2. The van der Waals surface area contributed by atoms with Crippen molar-refractivity contribution in [3.05, 3.63) is 82.2 Å². The first-order chi connectivity index (χ1) is 12.1. The molecule has 0 bridgehead atoms. The Morgan fingerprint density at radius 3 is 2.44 bits per heavy atom. The highest BCUT2D eigenvalue weighted by Gasteiger charge is 2.35. The van der Waals surface area contributed by atoms with Crippen molar-refractivity contribution in [3.8, 4) is 0 Å². The summed E-state index contributed by atoms with van der Waals surface area (Å²) < 4.78 is 5.45. The van der Waals surface area contributed by atoms with E-state index in [1.165, 1.54) is 12.3 Å². The van der Waals surface area contributed by atoms with Crippen LogP contribution in [0, 0.1) is 0 Å². The van der Waals surface area contributed by atoms with Gasteiger partial charge in [-0.25, -0.2) is 4.90 Å². The van der Waals surface area contributed by atoms with Gasteiger partial charge >= 0.3 is 0 Å². The van der Waals surface area contributed by atoms with Crippen molar-refractivity contribution in [2.45, 2.75) is 6.42 Å². The quantitative estimate of drug-likeness (QED) is 0.534. The molecular weight excluding hydrogens is 318 g/mol. The molecule has 1 aromatic heterocycles. The van der Waals surface area contributed by atoms with Crippen LogP contribution in [-0.2, 0) is 9.59 Å². The standard InChI is InChI=1S/C20H13NO4/c22-18-11-13(20(24)21(18)15-6-2-1-3-7-15)10-14-12-25-17-9-5-4-8-16(17)19(14)23/h1-10,12H,11H2. The van der Waals surface area contributed by atoms with Crippen LogP contribution in [0.15, 0.2) is 75.6 Å². The lowest BCUT2D eigenvalue weighted by atomic mass is 10.1. The van der Waals surface area contributed by atoms with E-state index in [1.54, 1.807) is 48.5 Å². The highest BCUT2D eigenvalue weighted by molar-refractivity contribution is 6.29. The molecule has 0 unspecified atom stereocenters. The molecule has 4 rings (SSSR count). The van der Waals surface area contributed by atoms with Crippen LogP contribution in [0.5, 0.6) is 0 Å². The zero-order chi connectivity index (χ0) is 17.4. The van der Waals surface area contributed by atoms with E-state index in [9.17, 15) is 14.4 Å². The predicted molar refractivity (Wildman–Crippen MR) is 94.0 cm³/mol. The fourth-order valence-corrected chi connectivity index (χ4v) is 2.91. The molecule has 0 aliphatic carbocycles. The number of fused-ring (bicyclic) bond motifs is 1. The van der Waals surface area contributed by atoms with Crippen LogP contribution in [-0.4, -0.2) is 11.8 Å². The first-order valence-corrected chi connectivity index (χ1v) is 7.78. The predicted octanol–water partition coefficient (Wildman–Crippen LogP) is 3.14. The Bertz CT molecular complexity index is 1080. The van der Waals surface area contributed by atoms with E-state index >= 15 is 0 Å². The lowest BCUT2D eigenvalue weighted by Gasteiger charge is -2.12. The molecule has 1 fully saturated rings. The van der Waals surface area contributed by atoms with Crippen LogP contribution in [0.1, 0.15) is 12.0 Å². The highest BCUT2D eigenvalue weighted by atomic mass is 16.3. The molecule has 5 heteroatoms. The molecular formula is C20H13NO4. The number of benzene rings is 2. The van der Waals surface area contributed by atoms with Gasteiger partial charge in [0.1, 0.15) is 11.8 Å². The van der Waals surface area contributed by atoms with Gasteiger partial charge in [0, 0.05) is 5.57 Å². The largest absolute Gasteiger partial charge is 0.463 e. The van der Waals surface area contributed by atoms with E-state index in [-0.39, 0.29) is 28.9 Å². The summed E-state index contributed by atoms with van der Waals surface area (Å²) in [7, 11) is 0. The summed E-state index contributed by atoms with van der Waals surface area (Å²) in [5.41, 5.74) is 1.30. The first-order valence-electron chi connectivity index (χ1n) is 7.78. The second-order valence-corrected chi connectivity index (χ2v) is 5.73. The maximum atomic E-state index is 12.6. The number of anilines is 1. The van der Waals surface area contributed by atoms with Crippen molar-refractivity contribution in [1.29, 1.82) is 0 Å². The highest BCUT2D eigenvalue weighted by Crippen LogP contribution is 2.27. The molecule has 0 N–H and O–H groups in total. The van der Waals surface area contributed by atoms with Crippen molar-refractivity contribution >= 4 is 34.5 Å². The van der Waals surface area contributed by atoms with E-state index in [2.05, 4.69) is 0 Å². The Hall–Kier alpha value is -3.47. The molecule has 2 amide bonds. The number of carbonyl (C=O) groups excluding carboxylic acids is 2. The molecule has 1 aliphatic heterocycles. The Morgan fingerprint density at radius 2 is 1.64 bits per heavy atom. The Labute approximate surface area is 142 Å². The van der Waals surface area contributed by atoms with Crippen molar-refractivity contribution < 1.29 is 14.0 Å². The molecule has 1 aliphatic rings. The van der Waals surface area contributed by atoms with Crippen LogP contribution in [0.4, 0.5) is 5.69 Å². The minimum absolute atomic E-state index is 0.0417. The molecule has 0 radical (unpaired) electrons. The average molecular weight is 331 g/mol. The number of rotatable bonds is 2. The molecule has 122 valence electrons. The van der Waals surface area contributed by atoms with Crippen LogP contribution >= 0.6 is 0 Å². The minimum Gasteiger partial charge on any atom is -0.463 e. The molecule has 3 aromatic rings. The Kier molecular flexibility index (Phi) is 3.54. The second-order valence-electron chi connectivity index (χ2n) is 5.73. The molecule has 0 saturated carbocycles. The van der Waals surface area contributed by atoms with Crippen LogP contribution < -0.4 is 10.3 Å². The Morgan fingerprint density at radius 1 is 0.920 bits per heavy atom. The summed E-state index contributed by atoms with van der Waals surface area (Å²) in [6.45, 7) is 0. The van der Waals surface area contributed by atoms with Gasteiger partial charge in [-0.05, 0) is 30.3 Å². The fraction of sp³-hybridized carbons (Fsp3) is 0.0500. The van der Waals surface area contributed by atoms with Gasteiger partial charge in [-0.2, -0.15) is 0 Å². The van der Waals surface area contributed by atoms with Crippen molar-refractivity contribution in [2.24, 2.45) is 0 Å². The van der Waals surface area contributed by atoms with Crippen LogP contribution in [0.25, 0.3) is 17.0 Å². The van der Waals surface area contributed by atoms with Gasteiger partial charge in [0.2, 0.25) is 5.91 Å². The summed E-state index contributed by atoms with van der Waals surface area (Å²) in [6.07, 6.45) is 2.72. The molecule has 1 saturated heterocycles. The SMILES string of the molecule is O=C1CC(=Cc2coc3ccccc3c2=O)C(=O)N1c1ccccc1. The summed E-state index contributed by atoms with van der Waals surface area (Å²) in [5, 5.41) is 0.438. The van der Waals surface area contributed by atoms with E-state index in [0.717, 1.165) is 4.90 Å². The summed E-state index contributed by atoms with van der Waals surface area (Å²) in [4.78, 5) is 38.5. The third kappa shape index (κ3) is 2.55. The first kappa shape index (κ1) is 15.1. The Balaban J connectivity index is 1.76. The molecule has 2 heterocycles. The minimum atomic E-state index is -0.413. The summed E-state index contributed by atoms with van der Waals surface area (Å²) >= 11 is 0. The zero-order valence-electron chi connectivity index (χ0n) is 13.1. The smallest absolute Gasteiger partial charge is 0.261 e. The van der Waals surface area contributed by atoms with Crippen molar-refractivity contribution in [2.75, 3.05) is 4.90 Å². The normalized spacial score (nSPS) is 16.2. The third-order valence-electron chi connectivity index (χ3n) is 4.12. The number of amides is 2. The van der Waals surface area contributed by atoms with Gasteiger partial charge in [0.25, 0.3) is 5.91 Å². The van der Waals surface area contributed by atoms with E-state index in [1.807, 2.05) is 6.07 Å². The number of nitrogens with zero attached hydrogens (tertiary/aromatic N) is 1.